The first-order valence-electron chi connectivity index (χ1n) is 27.5. The zero-order valence-electron chi connectivity index (χ0n) is 43.2. The highest BCUT2D eigenvalue weighted by molar-refractivity contribution is 6.55. The maximum Gasteiger partial charge on any atom is -0.000674 e. The van der Waals surface area contributed by atoms with Crippen LogP contribution in [0.1, 0.15) is 6.92 Å². The van der Waals surface area contributed by atoms with Crippen LogP contribution in [0.3, 0.4) is 0 Å². The fraction of sp³-hybridized carbons (Fsp3) is 0.0127. The highest BCUT2D eigenvalue weighted by Crippen LogP contribution is 2.60. The number of rotatable bonds is 4. The molecule has 1 aliphatic rings. The molecule has 360 valence electrons. The number of hydrogen-bond donors (Lipinski definition) is 0. The van der Waals surface area contributed by atoms with Crippen molar-refractivity contribution >= 4 is 129 Å². The van der Waals surface area contributed by atoms with Gasteiger partial charge in [0.25, 0.3) is 0 Å². The first-order valence-corrected chi connectivity index (χ1v) is 27.5. The van der Waals surface area contributed by atoms with E-state index in [4.69, 9.17) is 0 Å². The smallest absolute Gasteiger partial charge is 0.000674 e. The second kappa shape index (κ2) is 15.6. The van der Waals surface area contributed by atoms with E-state index < -0.39 is 0 Å². The minimum atomic E-state index is 1.22. The lowest BCUT2D eigenvalue weighted by Crippen LogP contribution is -1.89. The maximum absolute atomic E-state index is 4.60. The number of benzene rings is 15. The average molecular weight is 993 g/mol. The van der Waals surface area contributed by atoms with Gasteiger partial charge in [0.05, 0.1) is 0 Å². The van der Waals surface area contributed by atoms with Crippen LogP contribution >= 0.6 is 0 Å². The van der Waals surface area contributed by atoms with Gasteiger partial charge in [0.1, 0.15) is 0 Å². The van der Waals surface area contributed by atoms with Crippen LogP contribution in [0, 0.1) is 12.3 Å². The number of terminal acetylenes is 1. The van der Waals surface area contributed by atoms with Crippen LogP contribution in [0.25, 0.3) is 196 Å². The summed E-state index contributed by atoms with van der Waals surface area (Å²) in [6.07, 6.45) is 4.60. The normalized spacial score (nSPS) is 12.4. The van der Waals surface area contributed by atoms with Gasteiger partial charge in [-0.1, -0.05) is 237 Å². The lowest BCUT2D eigenvalue weighted by molar-refractivity contribution is 1.60. The first kappa shape index (κ1) is 42.9. The molecule has 0 fully saturated rings. The number of hydrogen-bond acceptors (Lipinski definition) is 0. The van der Waals surface area contributed by atoms with E-state index in [1.807, 2.05) is 0 Å². The molecule has 19 rings (SSSR count). The first-order chi connectivity index (χ1) is 39.2. The Labute approximate surface area is 455 Å². The van der Waals surface area contributed by atoms with Crippen LogP contribution < -0.4 is 0 Å². The van der Waals surface area contributed by atoms with Crippen molar-refractivity contribution in [3.63, 3.8) is 0 Å². The van der Waals surface area contributed by atoms with Crippen molar-refractivity contribution in [1.82, 2.24) is 0 Å². The van der Waals surface area contributed by atoms with E-state index in [2.05, 4.69) is 255 Å². The van der Waals surface area contributed by atoms with E-state index in [-0.39, 0.29) is 0 Å². The molecular formula is C79H44. The molecule has 0 amide bonds. The molecule has 0 atom stereocenters. The predicted octanol–water partition coefficient (Wildman–Crippen LogP) is 22.2. The van der Waals surface area contributed by atoms with Crippen molar-refractivity contribution in [3.05, 3.63) is 243 Å². The van der Waals surface area contributed by atoms with Gasteiger partial charge in [-0.15, -0.1) is 12.3 Å². The summed E-state index contributed by atoms with van der Waals surface area (Å²) in [6, 6.07) is 92.4. The van der Waals surface area contributed by atoms with E-state index in [0.29, 0.717) is 0 Å². The van der Waals surface area contributed by atoms with Gasteiger partial charge >= 0.3 is 0 Å². The average Bonchev–Trinajstić information content (AvgIpc) is 3.46. The van der Waals surface area contributed by atoms with Crippen molar-refractivity contribution in [3.8, 4) is 79.1 Å². The molecule has 0 aromatic heterocycles. The fourth-order valence-electron chi connectivity index (χ4n) is 15.4. The minimum absolute atomic E-state index is 1.22. The molecular weight excluding hydrogens is 949 g/mol. The molecule has 0 saturated carbocycles. The molecule has 0 heteroatoms. The van der Waals surface area contributed by atoms with Crippen LogP contribution in [0.5, 0.6) is 0 Å². The molecule has 0 unspecified atom stereocenters. The van der Waals surface area contributed by atoms with Gasteiger partial charge < -0.3 is 0 Å². The SMILES string of the molecule is C#CC.c1ccc(-c2ccccc2-c2ccc3c4c2cccc4c2cc4c(-c5ccccc5-c5ccccc5)c5c6ccc7c8ccc9c%10c(ccc(c%11ccc(c6c7%11)c5c5c6ccccc6c(c23)c45)c%108)-c2ccccc2-9)cc1. The van der Waals surface area contributed by atoms with Crippen LogP contribution in [0.15, 0.2) is 243 Å². The summed E-state index contributed by atoms with van der Waals surface area (Å²) in [5.41, 5.74) is 15.4. The fourth-order valence-corrected chi connectivity index (χ4v) is 15.4. The van der Waals surface area contributed by atoms with Crippen molar-refractivity contribution in [2.45, 2.75) is 6.92 Å². The van der Waals surface area contributed by atoms with Gasteiger partial charge in [-0.2, -0.15) is 0 Å². The number of fused-ring (bicyclic) bond motifs is 16. The van der Waals surface area contributed by atoms with Crippen LogP contribution in [-0.4, -0.2) is 0 Å². The van der Waals surface area contributed by atoms with Crippen molar-refractivity contribution in [1.29, 1.82) is 0 Å². The summed E-state index contributed by atoms with van der Waals surface area (Å²) in [5, 5.41) is 32.2. The Hall–Kier alpha value is -10.3. The second-order valence-electron chi connectivity index (χ2n) is 21.8. The topological polar surface area (TPSA) is 0 Å². The van der Waals surface area contributed by atoms with Gasteiger partial charge in [-0.3, -0.25) is 0 Å². The Morgan fingerprint density at radius 3 is 1.14 bits per heavy atom. The molecule has 1 aliphatic carbocycles. The van der Waals surface area contributed by atoms with E-state index >= 15 is 0 Å². The van der Waals surface area contributed by atoms with Gasteiger partial charge in [0.15, 0.2) is 0 Å². The van der Waals surface area contributed by atoms with E-state index in [0.717, 1.165) is 0 Å². The molecule has 18 aromatic carbocycles. The Bertz CT molecular complexity index is 5580. The summed E-state index contributed by atoms with van der Waals surface area (Å²) < 4.78 is 0. The van der Waals surface area contributed by atoms with Gasteiger partial charge in [-0.25, -0.2) is 0 Å². The largest absolute Gasteiger partial charge is 0.120 e. The molecule has 0 heterocycles. The molecule has 0 saturated heterocycles. The van der Waals surface area contributed by atoms with Crippen LogP contribution in [0.2, 0.25) is 0 Å². The van der Waals surface area contributed by atoms with E-state index in [9.17, 15) is 0 Å². The van der Waals surface area contributed by atoms with Crippen molar-refractivity contribution in [2.75, 3.05) is 0 Å². The molecule has 79 heavy (non-hydrogen) atoms. The molecule has 0 radical (unpaired) electrons. The zero-order chi connectivity index (χ0) is 51.8. The highest BCUT2D eigenvalue weighted by Gasteiger charge is 2.31. The Morgan fingerprint density at radius 1 is 0.203 bits per heavy atom. The summed E-state index contributed by atoms with van der Waals surface area (Å²) in [7, 11) is 0. The second-order valence-corrected chi connectivity index (χ2v) is 21.8. The molecule has 0 aliphatic heterocycles. The van der Waals surface area contributed by atoms with Gasteiger partial charge in [0, 0.05) is 0 Å². The molecule has 0 N–H and O–H groups in total. The lowest BCUT2D eigenvalue weighted by Gasteiger charge is -2.17. The van der Waals surface area contributed by atoms with Crippen molar-refractivity contribution < 1.29 is 0 Å². The Balaban J connectivity index is 0.00000158. The standard InChI is InChI=1S/C76H40.C3H4/c1-3-16-41(17-4-1)43-20-7-9-22-45(43)48-30-37-60-65-50(48)28-15-29-53(65)63-40-64-69(49-25-12-8-21-44(49)42-18-5-2-6-19-42)74-61-38-35-58-56-33-31-54-46-23-10-11-24-47(46)55-32-34-57(67(56)66(54)55)59-36-39-62(70(61)68(58)59)75(74)73-52-27-14-13-26-51(52)72(71(60)63)76(64)73;1-3-2/h1-40H;1H,2H3. The third-order valence-electron chi connectivity index (χ3n) is 18.2. The van der Waals surface area contributed by atoms with E-state index in [1.165, 1.54) is 196 Å². The third-order valence-corrected chi connectivity index (χ3v) is 18.2. The summed E-state index contributed by atoms with van der Waals surface area (Å²) in [6.45, 7) is 1.65. The predicted molar refractivity (Wildman–Crippen MR) is 342 cm³/mol. The van der Waals surface area contributed by atoms with E-state index in [1.54, 1.807) is 6.92 Å². The van der Waals surface area contributed by atoms with Gasteiger partial charge in [-0.05, 0) is 209 Å². The van der Waals surface area contributed by atoms with Gasteiger partial charge in [0.2, 0.25) is 0 Å². The Morgan fingerprint density at radius 2 is 0.532 bits per heavy atom. The highest BCUT2D eigenvalue weighted by atomic mass is 14.3. The Kier molecular flexibility index (Phi) is 8.49. The monoisotopic (exact) mass is 992 g/mol. The lowest BCUT2D eigenvalue weighted by atomic mass is 9.85. The summed E-state index contributed by atoms with van der Waals surface area (Å²) in [4.78, 5) is 0. The minimum Gasteiger partial charge on any atom is -0.120 e. The molecule has 0 nitrogen and oxygen atoms in total. The zero-order valence-corrected chi connectivity index (χ0v) is 43.2. The van der Waals surface area contributed by atoms with Crippen LogP contribution in [-0.2, 0) is 0 Å². The quantitative estimate of drug-likeness (QED) is 0.0936. The summed E-state index contributed by atoms with van der Waals surface area (Å²) in [5.74, 6) is 2.25. The maximum atomic E-state index is 4.60. The third kappa shape index (κ3) is 5.39. The van der Waals surface area contributed by atoms with Crippen LogP contribution in [0.4, 0.5) is 0 Å². The van der Waals surface area contributed by atoms with Crippen molar-refractivity contribution in [2.24, 2.45) is 0 Å². The molecule has 0 bridgehead atoms. The summed E-state index contributed by atoms with van der Waals surface area (Å²) >= 11 is 0. The molecule has 0 spiro atoms. The molecule has 18 aromatic rings.